The van der Waals surface area contributed by atoms with Gasteiger partial charge in [0.05, 0.1) is 11.8 Å². The Morgan fingerprint density at radius 1 is 0.656 bits per heavy atom. The number of carbonyl (C=O) groups is 7. The van der Waals surface area contributed by atoms with Gasteiger partial charge >= 0.3 is 22.7 Å². The topological polar surface area (TPSA) is 359 Å². The number of nitrogens with two attached hydrogens (primary N) is 7. The molecule has 4 rings (SSSR count). The van der Waals surface area contributed by atoms with Crippen molar-refractivity contribution in [2.45, 2.75) is 132 Å². The van der Waals surface area contributed by atoms with Gasteiger partial charge < -0.3 is 45.2 Å². The van der Waals surface area contributed by atoms with E-state index in [2.05, 4.69) is 0 Å². The number of primary amides is 6. The molecule has 0 unspecified atom stereocenters. The molecule has 9 atom stereocenters. The number of aliphatic carboxylic acids is 1. The molecule has 64 heavy (non-hydrogen) atoms. The second-order valence-electron chi connectivity index (χ2n) is 19.6. The van der Waals surface area contributed by atoms with Crippen molar-refractivity contribution in [1.29, 1.82) is 0 Å². The quantitative estimate of drug-likeness (QED) is 0.1000. The van der Waals surface area contributed by atoms with Crippen LogP contribution >= 0.6 is 0 Å². The number of aliphatic imine (C=N–C) groups is 3. The van der Waals surface area contributed by atoms with E-state index in [9.17, 15) is 38.7 Å². The smallest absolute Gasteiger partial charge is 0.481 e. The zero-order valence-electron chi connectivity index (χ0n) is 38.3. The fourth-order valence-corrected chi connectivity index (χ4v) is 11.3. The number of allylic oxidation sites excluding steroid dienone is 6. The fourth-order valence-electron chi connectivity index (χ4n) is 11.3. The number of carboxylic acid groups (broad SMARTS) is 1. The first-order chi connectivity index (χ1) is 29.0. The van der Waals surface area contributed by atoms with E-state index >= 15 is 0 Å². The maximum atomic E-state index is 13.3. The van der Waals surface area contributed by atoms with Crippen LogP contribution in [0.1, 0.15) is 126 Å². The number of hydrogen-bond acceptors (Lipinski definition) is 11. The van der Waals surface area contributed by atoms with Crippen molar-refractivity contribution in [2.75, 3.05) is 0 Å². The van der Waals surface area contributed by atoms with Gasteiger partial charge in [-0.3, -0.25) is 48.5 Å². The zero-order valence-corrected chi connectivity index (χ0v) is 39.4. The first-order valence-electron chi connectivity index (χ1n) is 21.6. The first kappa shape index (κ1) is 53.2. The molecular formula is C45H68CoN10O8+2. The minimum atomic E-state index is -1.23. The Balaban J connectivity index is 0.0000109. The van der Waals surface area contributed by atoms with Crippen molar-refractivity contribution >= 4 is 58.5 Å². The molecule has 1 radical (unpaired) electrons. The summed E-state index contributed by atoms with van der Waals surface area (Å²) >= 11 is 0. The van der Waals surface area contributed by atoms with Crippen molar-refractivity contribution in [3.05, 3.63) is 34.3 Å². The van der Waals surface area contributed by atoms with E-state index in [4.69, 9.17) is 55.1 Å². The molecule has 6 amide bonds. The van der Waals surface area contributed by atoms with Gasteiger partial charge in [0, 0.05) is 113 Å². The Labute approximate surface area is 385 Å². The average Bonchev–Trinajstić information content (AvgIpc) is 3.68. The largest absolute Gasteiger partial charge is 2.00 e. The summed E-state index contributed by atoms with van der Waals surface area (Å²) in [5.41, 5.74) is 42.1. The molecule has 4 aliphatic heterocycles. The summed E-state index contributed by atoms with van der Waals surface area (Å²) in [7, 11) is 0. The third-order valence-electron chi connectivity index (χ3n) is 15.0. The Kier molecular flexibility index (Phi) is 16.5. The van der Waals surface area contributed by atoms with Crippen LogP contribution in [0, 0.1) is 51.2 Å². The minimum Gasteiger partial charge on any atom is -0.481 e. The van der Waals surface area contributed by atoms with E-state index in [1.165, 1.54) is 0 Å². The van der Waals surface area contributed by atoms with Gasteiger partial charge in [-0.2, -0.15) is 0 Å². The monoisotopic (exact) mass is 935 g/mol. The first-order valence-corrected chi connectivity index (χ1v) is 21.6. The molecule has 0 saturated carbocycles. The van der Waals surface area contributed by atoms with Gasteiger partial charge in [0.1, 0.15) is 0 Å². The Hall–Kier alpha value is -5.17. The number of amides is 6. The maximum Gasteiger partial charge on any atom is 2.00 e. The standard InChI is InChI=1S/C45H68N10O8.Co/c1-21-37(52)25(10-13-31(47)57)44(7,19-34(50)60)23(3)39-27(17-33(49)59)43(6,16-15-36(62)63)41(55-39)22(2)38-26(11-14-32(48)58)42(4,5)29(54-38)18-28-24(9-12-30(46)56)45(8,20-35(51)61)40(21)53-28;/h18,23-27,39H,9-17,19-20,52H2,1-8H3,(H2,46,56)(H2,47,57)(H2,48,58)(H2,49,59)(H2,50,60)(H2,51,61)(H,62,63);/q;+2/b28-18-,37-21-,38-22-;/t23-,24-,25-,26-,27+,39+,43-,44-,45+;/m1./s1. The molecule has 0 aromatic rings. The average molecular weight is 936 g/mol. The van der Waals surface area contributed by atoms with Crippen molar-refractivity contribution in [2.24, 2.45) is 106 Å². The fraction of sp³-hybridized carbons (Fsp3) is 0.644. The summed E-state index contributed by atoms with van der Waals surface area (Å²) in [4.78, 5) is 105. The second-order valence-corrected chi connectivity index (χ2v) is 19.6. The zero-order chi connectivity index (χ0) is 47.7. The van der Waals surface area contributed by atoms with Gasteiger partial charge in [0.15, 0.2) is 0 Å². The Morgan fingerprint density at radius 3 is 1.66 bits per heavy atom. The Morgan fingerprint density at radius 2 is 1.17 bits per heavy atom. The van der Waals surface area contributed by atoms with E-state index in [0.717, 1.165) is 0 Å². The van der Waals surface area contributed by atoms with E-state index in [1.807, 2.05) is 54.5 Å². The molecule has 4 aliphatic rings. The molecule has 4 heterocycles. The van der Waals surface area contributed by atoms with Crippen LogP contribution in [-0.4, -0.2) is 69.7 Å². The number of fused-ring (bicyclic) bond motifs is 3. The molecular weight excluding hydrogens is 867 g/mol. The van der Waals surface area contributed by atoms with Gasteiger partial charge in [-0.25, -0.2) is 0 Å². The molecule has 0 aromatic heterocycles. The van der Waals surface area contributed by atoms with Crippen LogP contribution < -0.4 is 40.1 Å². The number of carboxylic acids is 1. The number of rotatable bonds is 18. The minimum absolute atomic E-state index is 0. The van der Waals surface area contributed by atoms with Crippen molar-refractivity contribution in [3.63, 3.8) is 0 Å². The van der Waals surface area contributed by atoms with Crippen molar-refractivity contribution in [1.82, 2.24) is 0 Å². The van der Waals surface area contributed by atoms with Crippen molar-refractivity contribution < 1.29 is 55.4 Å². The molecule has 15 N–H and O–H groups in total. The summed E-state index contributed by atoms with van der Waals surface area (Å²) in [6, 6.07) is -0.793. The third kappa shape index (κ3) is 10.5. The summed E-state index contributed by atoms with van der Waals surface area (Å²) in [6.45, 7) is 14.9. The molecule has 0 fully saturated rings. The van der Waals surface area contributed by atoms with Crippen LogP contribution in [0.15, 0.2) is 49.3 Å². The molecule has 353 valence electrons. The van der Waals surface area contributed by atoms with Gasteiger partial charge in [-0.1, -0.05) is 41.5 Å². The van der Waals surface area contributed by atoms with Crippen LogP contribution in [0.25, 0.3) is 0 Å². The number of nitrogens with zero attached hydrogens (tertiary/aromatic N) is 3. The van der Waals surface area contributed by atoms with Crippen LogP contribution in [0.2, 0.25) is 0 Å². The van der Waals surface area contributed by atoms with Gasteiger partial charge in [-0.15, -0.1) is 0 Å². The van der Waals surface area contributed by atoms with Crippen LogP contribution in [0.3, 0.4) is 0 Å². The Bertz CT molecular complexity index is 2160. The molecule has 0 aliphatic carbocycles. The summed E-state index contributed by atoms with van der Waals surface area (Å²) in [5.74, 6) is -8.01. The SMILES string of the molecule is C/C1=C2N=C(/C=C3N=C(/C(C)=C(\N)[C@@H](CCC(N)=O)[C@](C)(CC(N)=O)[C@H](C)[C@@H]4N=C1[C@](C)(CCC(=O)O)[C@H]4CC(N)=O)[C@@](C)(CC(N)=O)[C@@H]\3CCC(N)=O)C(C)(C)[C@@H]/2CCC(N)=O.[Co+2]. The predicted octanol–water partition coefficient (Wildman–Crippen LogP) is 2.55. The van der Waals surface area contributed by atoms with Crippen LogP contribution in [-0.2, 0) is 50.3 Å². The second kappa shape index (κ2) is 19.9. The van der Waals surface area contributed by atoms with E-state index in [0.29, 0.717) is 39.7 Å². The molecule has 19 heteroatoms. The van der Waals surface area contributed by atoms with E-state index in [-0.39, 0.29) is 93.1 Å². The van der Waals surface area contributed by atoms with Gasteiger partial charge in [0.25, 0.3) is 0 Å². The van der Waals surface area contributed by atoms with Crippen molar-refractivity contribution in [3.8, 4) is 0 Å². The van der Waals surface area contributed by atoms with E-state index < -0.39 is 98.7 Å². The molecule has 0 saturated heterocycles. The summed E-state index contributed by atoms with van der Waals surface area (Å²) in [6.07, 6.45) is 1.24. The maximum absolute atomic E-state index is 13.3. The molecule has 18 nitrogen and oxygen atoms in total. The van der Waals surface area contributed by atoms with Gasteiger partial charge in [-0.05, 0) is 68.1 Å². The van der Waals surface area contributed by atoms with Crippen LogP contribution in [0.4, 0.5) is 0 Å². The number of hydrogen-bond donors (Lipinski definition) is 8. The van der Waals surface area contributed by atoms with Crippen LogP contribution in [0.5, 0.6) is 0 Å². The normalized spacial score (nSPS) is 34.1. The van der Waals surface area contributed by atoms with E-state index in [1.54, 1.807) is 6.92 Å². The van der Waals surface area contributed by atoms with Gasteiger partial charge in [0.2, 0.25) is 35.4 Å². The number of carbonyl (C=O) groups excluding carboxylic acids is 6. The molecule has 0 spiro atoms. The third-order valence-corrected chi connectivity index (χ3v) is 15.0. The summed E-state index contributed by atoms with van der Waals surface area (Å²) < 4.78 is 0. The summed E-state index contributed by atoms with van der Waals surface area (Å²) in [5, 5.41) is 10.1. The molecule has 0 aromatic carbocycles. The molecule has 6 bridgehead atoms. The predicted molar refractivity (Wildman–Crippen MR) is 239 cm³/mol.